The van der Waals surface area contributed by atoms with Crippen LogP contribution in [0.4, 0.5) is 5.69 Å². The molecule has 2 amide bonds. The number of likely N-dealkylation sites (tertiary alicyclic amines) is 1. The lowest BCUT2D eigenvalue weighted by molar-refractivity contribution is -0.121. The molecule has 3 rings (SSSR count). The van der Waals surface area contributed by atoms with Crippen LogP contribution in [-0.4, -0.2) is 29.8 Å². The van der Waals surface area contributed by atoms with Crippen molar-refractivity contribution in [2.24, 2.45) is 5.92 Å². The summed E-state index contributed by atoms with van der Waals surface area (Å²) in [6, 6.07) is 11.9. The van der Waals surface area contributed by atoms with E-state index in [-0.39, 0.29) is 17.7 Å². The fourth-order valence-electron chi connectivity index (χ4n) is 2.97. The van der Waals surface area contributed by atoms with Gasteiger partial charge in [-0.3, -0.25) is 9.59 Å². The smallest absolute Gasteiger partial charge is 0.253 e. The topological polar surface area (TPSA) is 49.4 Å². The van der Waals surface area contributed by atoms with Crippen molar-refractivity contribution in [1.82, 2.24) is 4.90 Å². The standard InChI is InChI=1S/C19H17Cl3N2O2/c20-14-3-1-2-13(10-14)19(26)24-8-6-12(7-9-24)18(25)23-15-4-5-16(21)17(22)11-15/h1-5,10-12H,6-9H2,(H,23,25). The van der Waals surface area contributed by atoms with Gasteiger partial charge in [0.15, 0.2) is 0 Å². The Hall–Kier alpha value is -1.75. The summed E-state index contributed by atoms with van der Waals surface area (Å²) in [6.07, 6.45) is 1.22. The van der Waals surface area contributed by atoms with Crippen molar-refractivity contribution in [2.45, 2.75) is 12.8 Å². The third kappa shape index (κ3) is 4.50. The van der Waals surface area contributed by atoms with Crippen LogP contribution in [0.2, 0.25) is 15.1 Å². The van der Waals surface area contributed by atoms with Gasteiger partial charge in [0.05, 0.1) is 10.0 Å². The third-order valence-corrected chi connectivity index (χ3v) is 5.39. The zero-order valence-corrected chi connectivity index (χ0v) is 16.1. The van der Waals surface area contributed by atoms with Gasteiger partial charge in [0.2, 0.25) is 5.91 Å². The maximum absolute atomic E-state index is 12.5. The average Bonchev–Trinajstić information content (AvgIpc) is 2.64. The molecular formula is C19H17Cl3N2O2. The van der Waals surface area contributed by atoms with Crippen LogP contribution in [0.3, 0.4) is 0 Å². The number of halogens is 3. The molecule has 1 aliphatic rings. The minimum Gasteiger partial charge on any atom is -0.339 e. The Morgan fingerprint density at radius 1 is 0.962 bits per heavy atom. The van der Waals surface area contributed by atoms with Gasteiger partial charge in [0.1, 0.15) is 0 Å². The SMILES string of the molecule is O=C(Nc1ccc(Cl)c(Cl)c1)C1CCN(C(=O)c2cccc(Cl)c2)CC1. The first kappa shape index (κ1) is 19.0. The highest BCUT2D eigenvalue weighted by atomic mass is 35.5. The van der Waals surface area contributed by atoms with Crippen molar-refractivity contribution in [3.63, 3.8) is 0 Å². The summed E-state index contributed by atoms with van der Waals surface area (Å²) in [5.41, 5.74) is 1.18. The van der Waals surface area contributed by atoms with Crippen LogP contribution in [0.5, 0.6) is 0 Å². The Kier molecular flexibility index (Phi) is 6.07. The Labute approximate surface area is 167 Å². The summed E-state index contributed by atoms with van der Waals surface area (Å²) >= 11 is 17.8. The summed E-state index contributed by atoms with van der Waals surface area (Å²) in [6.45, 7) is 1.07. The van der Waals surface area contributed by atoms with Crippen LogP contribution >= 0.6 is 34.8 Å². The number of nitrogens with zero attached hydrogens (tertiary/aromatic N) is 1. The first-order valence-electron chi connectivity index (χ1n) is 8.25. The van der Waals surface area contributed by atoms with E-state index in [1.807, 2.05) is 0 Å². The average molecular weight is 412 g/mol. The van der Waals surface area contributed by atoms with E-state index in [2.05, 4.69) is 5.32 Å². The van der Waals surface area contributed by atoms with Crippen molar-refractivity contribution in [1.29, 1.82) is 0 Å². The zero-order chi connectivity index (χ0) is 18.7. The number of benzene rings is 2. The van der Waals surface area contributed by atoms with Gasteiger partial charge < -0.3 is 10.2 Å². The Morgan fingerprint density at radius 3 is 2.35 bits per heavy atom. The molecule has 1 N–H and O–H groups in total. The number of anilines is 1. The molecule has 0 spiro atoms. The minimum absolute atomic E-state index is 0.0594. The summed E-state index contributed by atoms with van der Waals surface area (Å²) in [5, 5.41) is 4.23. The number of carbonyl (C=O) groups excluding carboxylic acids is 2. The van der Waals surface area contributed by atoms with Crippen LogP contribution < -0.4 is 5.32 Å². The van der Waals surface area contributed by atoms with Gasteiger partial charge in [-0.1, -0.05) is 40.9 Å². The molecule has 26 heavy (non-hydrogen) atoms. The van der Waals surface area contributed by atoms with Crippen molar-refractivity contribution in [3.05, 3.63) is 63.1 Å². The molecule has 0 bridgehead atoms. The van der Waals surface area contributed by atoms with E-state index >= 15 is 0 Å². The minimum atomic E-state index is -0.145. The lowest BCUT2D eigenvalue weighted by Crippen LogP contribution is -2.41. The summed E-state index contributed by atoms with van der Waals surface area (Å²) in [5.74, 6) is -0.276. The molecule has 4 nitrogen and oxygen atoms in total. The van der Waals surface area contributed by atoms with E-state index in [4.69, 9.17) is 34.8 Å². The lowest BCUT2D eigenvalue weighted by atomic mass is 9.95. The summed E-state index contributed by atoms with van der Waals surface area (Å²) in [4.78, 5) is 26.7. The first-order valence-corrected chi connectivity index (χ1v) is 9.38. The first-order chi connectivity index (χ1) is 12.4. The van der Waals surface area contributed by atoms with Gasteiger partial charge in [0.25, 0.3) is 5.91 Å². The molecule has 1 saturated heterocycles. The maximum Gasteiger partial charge on any atom is 0.253 e. The molecule has 0 unspecified atom stereocenters. The van der Waals surface area contributed by atoms with Gasteiger partial charge in [-0.25, -0.2) is 0 Å². The van der Waals surface area contributed by atoms with E-state index in [1.165, 1.54) is 0 Å². The highest BCUT2D eigenvalue weighted by molar-refractivity contribution is 6.42. The van der Waals surface area contributed by atoms with Crippen molar-refractivity contribution in [2.75, 3.05) is 18.4 Å². The molecule has 0 aliphatic carbocycles. The fourth-order valence-corrected chi connectivity index (χ4v) is 3.46. The normalized spacial score (nSPS) is 15.0. The van der Waals surface area contributed by atoms with Crippen molar-refractivity contribution < 1.29 is 9.59 Å². The summed E-state index contributed by atoms with van der Waals surface area (Å²) < 4.78 is 0. The Morgan fingerprint density at radius 2 is 1.69 bits per heavy atom. The van der Waals surface area contributed by atoms with Crippen LogP contribution in [-0.2, 0) is 4.79 Å². The predicted octanol–water partition coefficient (Wildman–Crippen LogP) is 5.14. The van der Waals surface area contributed by atoms with E-state index in [0.717, 1.165) is 0 Å². The molecule has 2 aromatic rings. The quantitative estimate of drug-likeness (QED) is 0.760. The summed E-state index contributed by atoms with van der Waals surface area (Å²) in [7, 11) is 0. The number of nitrogens with one attached hydrogen (secondary N) is 1. The second kappa shape index (κ2) is 8.30. The molecular weight excluding hydrogens is 395 g/mol. The second-order valence-electron chi connectivity index (χ2n) is 6.19. The van der Waals surface area contributed by atoms with Crippen LogP contribution in [0.15, 0.2) is 42.5 Å². The number of piperidine rings is 1. The monoisotopic (exact) mass is 410 g/mol. The number of carbonyl (C=O) groups is 2. The highest BCUT2D eigenvalue weighted by Crippen LogP contribution is 2.26. The van der Waals surface area contributed by atoms with Crippen molar-refractivity contribution in [3.8, 4) is 0 Å². The molecule has 136 valence electrons. The zero-order valence-electron chi connectivity index (χ0n) is 13.8. The lowest BCUT2D eigenvalue weighted by Gasteiger charge is -2.31. The van der Waals surface area contributed by atoms with E-state index in [1.54, 1.807) is 47.4 Å². The molecule has 1 aliphatic heterocycles. The molecule has 7 heteroatoms. The highest BCUT2D eigenvalue weighted by Gasteiger charge is 2.28. The predicted molar refractivity (Wildman–Crippen MR) is 105 cm³/mol. The van der Waals surface area contributed by atoms with Gasteiger partial charge in [-0.05, 0) is 49.2 Å². The van der Waals surface area contributed by atoms with Crippen LogP contribution in [0.25, 0.3) is 0 Å². The van der Waals surface area contributed by atoms with Gasteiger partial charge >= 0.3 is 0 Å². The second-order valence-corrected chi connectivity index (χ2v) is 7.45. The third-order valence-electron chi connectivity index (χ3n) is 4.41. The van der Waals surface area contributed by atoms with E-state index < -0.39 is 0 Å². The van der Waals surface area contributed by atoms with Crippen molar-refractivity contribution >= 4 is 52.3 Å². The molecule has 0 radical (unpaired) electrons. The Bertz CT molecular complexity index is 833. The molecule has 0 atom stereocenters. The molecule has 0 saturated carbocycles. The number of rotatable bonds is 3. The molecule has 0 aromatic heterocycles. The molecule has 1 heterocycles. The van der Waals surface area contributed by atoms with Crippen LogP contribution in [0.1, 0.15) is 23.2 Å². The van der Waals surface area contributed by atoms with E-state index in [0.29, 0.717) is 52.2 Å². The maximum atomic E-state index is 12.5. The number of hydrogen-bond acceptors (Lipinski definition) is 2. The number of amides is 2. The fraction of sp³-hybridized carbons (Fsp3) is 0.263. The largest absolute Gasteiger partial charge is 0.339 e. The molecule has 1 fully saturated rings. The van der Waals surface area contributed by atoms with Gasteiger partial charge in [-0.2, -0.15) is 0 Å². The van der Waals surface area contributed by atoms with Gasteiger partial charge in [-0.15, -0.1) is 0 Å². The Balaban J connectivity index is 1.56. The van der Waals surface area contributed by atoms with Crippen LogP contribution in [0, 0.1) is 5.92 Å². The molecule has 2 aromatic carbocycles. The van der Waals surface area contributed by atoms with E-state index in [9.17, 15) is 9.59 Å². The van der Waals surface area contributed by atoms with Gasteiger partial charge in [0, 0.05) is 35.3 Å². The number of hydrogen-bond donors (Lipinski definition) is 1.